The van der Waals surface area contributed by atoms with E-state index >= 15 is 0 Å². The van der Waals surface area contributed by atoms with Gasteiger partial charge in [0.2, 0.25) is 10.0 Å². The van der Waals surface area contributed by atoms with E-state index in [1.165, 1.54) is 12.7 Å². The second kappa shape index (κ2) is 4.49. The van der Waals surface area contributed by atoms with Gasteiger partial charge in [0.05, 0.1) is 6.26 Å². The number of rotatable bonds is 3. The fraction of sp³-hybridized carbons (Fsp3) is 1.00. The highest BCUT2D eigenvalue weighted by atomic mass is 79.9. The van der Waals surface area contributed by atoms with Crippen LogP contribution in [0.4, 0.5) is 0 Å². The van der Waals surface area contributed by atoms with Crippen LogP contribution < -0.4 is 4.72 Å². The maximum absolute atomic E-state index is 11.2. The van der Waals surface area contributed by atoms with Gasteiger partial charge in [0.1, 0.15) is 0 Å². The van der Waals surface area contributed by atoms with Gasteiger partial charge < -0.3 is 0 Å². The molecule has 0 aromatic rings. The minimum atomic E-state index is -3.10. The van der Waals surface area contributed by atoms with Crippen molar-refractivity contribution in [1.29, 1.82) is 0 Å². The van der Waals surface area contributed by atoms with Crippen molar-refractivity contribution in [2.24, 2.45) is 5.92 Å². The van der Waals surface area contributed by atoms with Crippen molar-refractivity contribution in [2.75, 3.05) is 11.6 Å². The molecule has 3 nitrogen and oxygen atoms in total. The molecule has 0 aliphatic heterocycles. The molecule has 1 rings (SSSR count). The first kappa shape index (κ1) is 12.5. The van der Waals surface area contributed by atoms with E-state index in [2.05, 4.69) is 27.6 Å². The monoisotopic (exact) mass is 283 g/mol. The Bertz CT molecular complexity index is 291. The largest absolute Gasteiger partial charge is 0.213 e. The second-order valence-corrected chi connectivity index (χ2v) is 6.80. The number of hydrogen-bond acceptors (Lipinski definition) is 2. The molecule has 0 aromatic carbocycles. The molecule has 2 unspecified atom stereocenters. The Balaban J connectivity index is 2.75. The van der Waals surface area contributed by atoms with E-state index in [4.69, 9.17) is 0 Å². The number of sulfonamides is 1. The van der Waals surface area contributed by atoms with Crippen molar-refractivity contribution in [2.45, 2.75) is 38.1 Å². The maximum atomic E-state index is 11.2. The third kappa shape index (κ3) is 3.51. The topological polar surface area (TPSA) is 46.2 Å². The fourth-order valence-electron chi connectivity index (χ4n) is 2.29. The molecule has 0 bridgehead atoms. The van der Waals surface area contributed by atoms with Crippen molar-refractivity contribution < 1.29 is 8.42 Å². The van der Waals surface area contributed by atoms with Gasteiger partial charge in [-0.15, -0.1) is 0 Å². The van der Waals surface area contributed by atoms with Crippen molar-refractivity contribution in [3.8, 4) is 0 Å². The number of halogens is 1. The molecule has 0 spiro atoms. The predicted molar refractivity (Wildman–Crippen MR) is 62.1 cm³/mol. The van der Waals surface area contributed by atoms with Crippen LogP contribution >= 0.6 is 15.9 Å². The van der Waals surface area contributed by atoms with Gasteiger partial charge in [0, 0.05) is 10.9 Å². The average Bonchev–Trinajstić information content (AvgIpc) is 2.01. The smallest absolute Gasteiger partial charge is 0.209 e. The molecule has 0 aromatic heterocycles. The molecule has 84 valence electrons. The van der Waals surface area contributed by atoms with Gasteiger partial charge in [-0.2, -0.15) is 0 Å². The van der Waals surface area contributed by atoms with Crippen molar-refractivity contribution in [3.63, 3.8) is 0 Å². The van der Waals surface area contributed by atoms with E-state index in [1.54, 1.807) is 0 Å². The SMILES string of the molecule is CC1CCCC(CBr)(NS(C)(=O)=O)C1. The molecule has 14 heavy (non-hydrogen) atoms. The molecular weight excluding hydrogens is 266 g/mol. The zero-order valence-corrected chi connectivity index (χ0v) is 11.1. The van der Waals surface area contributed by atoms with Gasteiger partial charge in [0.25, 0.3) is 0 Å². The molecule has 1 aliphatic rings. The molecule has 0 saturated heterocycles. The predicted octanol–water partition coefficient (Wildman–Crippen LogP) is 1.88. The standard InChI is InChI=1S/C9H18BrNO2S/c1-8-4-3-5-9(6-8,7-10)11-14(2,12)13/h8,11H,3-7H2,1-2H3. The summed E-state index contributed by atoms with van der Waals surface area (Å²) in [5, 5.41) is 0.706. The van der Waals surface area contributed by atoms with Crippen LogP contribution in [0.3, 0.4) is 0 Å². The molecular formula is C9H18BrNO2S. The van der Waals surface area contributed by atoms with E-state index in [9.17, 15) is 8.42 Å². The van der Waals surface area contributed by atoms with Crippen LogP contribution in [-0.2, 0) is 10.0 Å². The van der Waals surface area contributed by atoms with Crippen LogP contribution in [0.2, 0.25) is 0 Å². The first-order valence-electron chi connectivity index (χ1n) is 4.92. The summed E-state index contributed by atoms with van der Waals surface area (Å²) in [4.78, 5) is 0. The summed E-state index contributed by atoms with van der Waals surface area (Å²) in [7, 11) is -3.10. The zero-order valence-electron chi connectivity index (χ0n) is 8.72. The molecule has 1 aliphatic carbocycles. The molecule has 0 amide bonds. The van der Waals surface area contributed by atoms with Gasteiger partial charge in [0.15, 0.2) is 0 Å². The highest BCUT2D eigenvalue weighted by Crippen LogP contribution is 2.33. The van der Waals surface area contributed by atoms with Gasteiger partial charge in [-0.25, -0.2) is 13.1 Å². The highest BCUT2D eigenvalue weighted by Gasteiger charge is 2.36. The quantitative estimate of drug-likeness (QED) is 0.804. The van der Waals surface area contributed by atoms with Crippen LogP contribution in [-0.4, -0.2) is 25.5 Å². The number of hydrogen-bond donors (Lipinski definition) is 1. The van der Waals surface area contributed by atoms with E-state index in [0.29, 0.717) is 11.2 Å². The molecule has 1 N–H and O–H groups in total. The van der Waals surface area contributed by atoms with Gasteiger partial charge >= 0.3 is 0 Å². The number of nitrogens with one attached hydrogen (secondary N) is 1. The molecule has 5 heteroatoms. The lowest BCUT2D eigenvalue weighted by Crippen LogP contribution is -2.52. The Morgan fingerprint density at radius 2 is 2.21 bits per heavy atom. The molecule has 2 atom stereocenters. The van der Waals surface area contributed by atoms with Gasteiger partial charge in [-0.1, -0.05) is 35.7 Å². The van der Waals surface area contributed by atoms with Crippen molar-refractivity contribution in [1.82, 2.24) is 4.72 Å². The van der Waals surface area contributed by atoms with E-state index in [-0.39, 0.29) is 5.54 Å². The molecule has 0 radical (unpaired) electrons. The lowest BCUT2D eigenvalue weighted by atomic mass is 9.78. The van der Waals surface area contributed by atoms with Crippen LogP contribution in [0.1, 0.15) is 32.6 Å². The summed E-state index contributed by atoms with van der Waals surface area (Å²) >= 11 is 3.42. The van der Waals surface area contributed by atoms with Crippen LogP contribution in [0.5, 0.6) is 0 Å². The molecule has 1 fully saturated rings. The third-order valence-corrected chi connectivity index (χ3v) is 4.63. The van der Waals surface area contributed by atoms with Crippen molar-refractivity contribution >= 4 is 26.0 Å². The normalized spacial score (nSPS) is 34.4. The first-order chi connectivity index (χ1) is 6.37. The summed E-state index contributed by atoms with van der Waals surface area (Å²) in [5.41, 5.74) is -0.245. The maximum Gasteiger partial charge on any atom is 0.209 e. The Labute approximate surface area is 94.8 Å². The van der Waals surface area contributed by atoms with Crippen LogP contribution in [0.25, 0.3) is 0 Å². The van der Waals surface area contributed by atoms with E-state index < -0.39 is 10.0 Å². The number of alkyl halides is 1. The van der Waals surface area contributed by atoms with E-state index in [1.807, 2.05) is 0 Å². The summed E-state index contributed by atoms with van der Waals surface area (Å²) in [5.74, 6) is 0.607. The third-order valence-electron chi connectivity index (χ3n) is 2.75. The summed E-state index contributed by atoms with van der Waals surface area (Å²) in [6.07, 6.45) is 5.42. The minimum Gasteiger partial charge on any atom is -0.213 e. The van der Waals surface area contributed by atoms with Crippen molar-refractivity contribution in [3.05, 3.63) is 0 Å². The van der Waals surface area contributed by atoms with Gasteiger partial charge in [-0.3, -0.25) is 0 Å². The average molecular weight is 284 g/mol. The molecule has 1 saturated carbocycles. The van der Waals surface area contributed by atoms with E-state index in [0.717, 1.165) is 19.3 Å². The lowest BCUT2D eigenvalue weighted by molar-refractivity contribution is 0.242. The first-order valence-corrected chi connectivity index (χ1v) is 7.93. The summed E-state index contributed by atoms with van der Waals surface area (Å²) in [6.45, 7) is 2.18. The second-order valence-electron chi connectivity index (χ2n) is 4.49. The Hall–Kier alpha value is 0.390. The summed E-state index contributed by atoms with van der Waals surface area (Å²) in [6, 6.07) is 0. The minimum absolute atomic E-state index is 0.245. The fourth-order valence-corrected chi connectivity index (χ4v) is 4.17. The Morgan fingerprint density at radius 1 is 1.57 bits per heavy atom. The Morgan fingerprint density at radius 3 is 2.64 bits per heavy atom. The van der Waals surface area contributed by atoms with Crippen LogP contribution in [0, 0.1) is 5.92 Å². The highest BCUT2D eigenvalue weighted by molar-refractivity contribution is 9.09. The van der Waals surface area contributed by atoms with Crippen LogP contribution in [0.15, 0.2) is 0 Å². The zero-order chi connectivity index (χ0) is 10.8. The van der Waals surface area contributed by atoms with Gasteiger partial charge in [-0.05, 0) is 18.8 Å². The summed E-state index contributed by atoms with van der Waals surface area (Å²) < 4.78 is 25.3. The molecule has 0 heterocycles. The Kier molecular flexibility index (Phi) is 4.00. The lowest BCUT2D eigenvalue weighted by Gasteiger charge is -2.38.